The quantitative estimate of drug-likeness (QED) is 0.477. The molecule has 1 aliphatic rings. The van der Waals surface area contributed by atoms with Crippen molar-refractivity contribution in [2.45, 2.75) is 45.4 Å². The van der Waals surface area contributed by atoms with E-state index in [2.05, 4.69) is 22.5 Å². The number of methoxy groups -OCH3 is 1. The molecule has 1 heterocycles. The lowest BCUT2D eigenvalue weighted by Crippen LogP contribution is -2.48. The highest BCUT2D eigenvalue weighted by Gasteiger charge is 2.21. The molecule has 33 heavy (non-hydrogen) atoms. The molecule has 1 saturated heterocycles. The van der Waals surface area contributed by atoms with Gasteiger partial charge in [0.05, 0.1) is 12.8 Å². The van der Waals surface area contributed by atoms with Gasteiger partial charge >= 0.3 is 6.03 Å². The second-order valence-corrected chi connectivity index (χ2v) is 8.36. The molecule has 7 nitrogen and oxygen atoms in total. The van der Waals surface area contributed by atoms with Gasteiger partial charge in [0.15, 0.2) is 0 Å². The second kappa shape index (κ2) is 12.7. The standard InChI is InChI=1S/C26H36N4O3/c1-3-4-5-6-7-12-25(31)30-19-17-29(18-20-30)22-15-13-21(14-16-22)27-26(32)28-23-10-8-9-11-24(23)33-2/h8-11,13-16H,3-7,12,17-20H2,1-2H3,(H2,27,28,32). The maximum Gasteiger partial charge on any atom is 0.323 e. The van der Waals surface area contributed by atoms with E-state index in [0.717, 1.165) is 44.7 Å². The number of amides is 3. The number of hydrogen-bond donors (Lipinski definition) is 2. The van der Waals surface area contributed by atoms with E-state index in [1.807, 2.05) is 41.3 Å². The van der Waals surface area contributed by atoms with Gasteiger partial charge < -0.3 is 25.2 Å². The molecule has 2 aromatic carbocycles. The number of rotatable bonds is 10. The van der Waals surface area contributed by atoms with Crippen molar-refractivity contribution in [3.63, 3.8) is 0 Å². The van der Waals surface area contributed by atoms with E-state index in [4.69, 9.17) is 4.74 Å². The molecular weight excluding hydrogens is 416 g/mol. The van der Waals surface area contributed by atoms with E-state index < -0.39 is 0 Å². The number of unbranched alkanes of at least 4 members (excludes halogenated alkanes) is 4. The first-order valence-electron chi connectivity index (χ1n) is 11.9. The van der Waals surface area contributed by atoms with Crippen molar-refractivity contribution < 1.29 is 14.3 Å². The average Bonchev–Trinajstić information content (AvgIpc) is 2.84. The van der Waals surface area contributed by atoms with Crippen LogP contribution in [0.3, 0.4) is 0 Å². The van der Waals surface area contributed by atoms with Crippen LogP contribution in [-0.4, -0.2) is 50.1 Å². The van der Waals surface area contributed by atoms with Gasteiger partial charge in [0.1, 0.15) is 5.75 Å². The van der Waals surface area contributed by atoms with Crippen LogP contribution in [0.1, 0.15) is 45.4 Å². The Kier molecular flexibility index (Phi) is 9.42. The van der Waals surface area contributed by atoms with Gasteiger partial charge in [0, 0.05) is 44.0 Å². The zero-order valence-electron chi connectivity index (χ0n) is 19.8. The zero-order chi connectivity index (χ0) is 23.5. The van der Waals surface area contributed by atoms with Crippen LogP contribution in [0.2, 0.25) is 0 Å². The summed E-state index contributed by atoms with van der Waals surface area (Å²) in [5.74, 6) is 0.892. The van der Waals surface area contributed by atoms with E-state index in [1.54, 1.807) is 19.2 Å². The maximum absolute atomic E-state index is 12.4. The summed E-state index contributed by atoms with van der Waals surface area (Å²) in [6, 6.07) is 14.8. The molecule has 0 spiro atoms. The molecule has 178 valence electrons. The summed E-state index contributed by atoms with van der Waals surface area (Å²) in [6.45, 7) is 5.37. The number of carbonyl (C=O) groups is 2. The summed E-state index contributed by atoms with van der Waals surface area (Å²) >= 11 is 0. The summed E-state index contributed by atoms with van der Waals surface area (Å²) in [5.41, 5.74) is 2.42. The van der Waals surface area contributed by atoms with E-state index >= 15 is 0 Å². The Morgan fingerprint density at radius 1 is 0.879 bits per heavy atom. The van der Waals surface area contributed by atoms with Crippen LogP contribution in [0.4, 0.5) is 21.9 Å². The minimum atomic E-state index is -0.325. The van der Waals surface area contributed by atoms with Gasteiger partial charge in [-0.05, 0) is 42.8 Å². The molecule has 2 N–H and O–H groups in total. The third kappa shape index (κ3) is 7.41. The number of anilines is 3. The Morgan fingerprint density at radius 2 is 1.58 bits per heavy atom. The van der Waals surface area contributed by atoms with Crippen LogP contribution in [0.5, 0.6) is 5.75 Å². The van der Waals surface area contributed by atoms with E-state index in [0.29, 0.717) is 23.5 Å². The van der Waals surface area contributed by atoms with Gasteiger partial charge in [-0.15, -0.1) is 0 Å². The fourth-order valence-corrected chi connectivity index (χ4v) is 4.04. The molecule has 0 atom stereocenters. The molecule has 0 radical (unpaired) electrons. The number of piperazine rings is 1. The molecule has 2 aromatic rings. The van der Waals surface area contributed by atoms with Crippen molar-refractivity contribution in [2.75, 3.05) is 48.8 Å². The van der Waals surface area contributed by atoms with Gasteiger partial charge in [0.2, 0.25) is 5.91 Å². The van der Waals surface area contributed by atoms with Crippen molar-refractivity contribution in [1.82, 2.24) is 4.90 Å². The van der Waals surface area contributed by atoms with Crippen molar-refractivity contribution in [3.8, 4) is 5.75 Å². The van der Waals surface area contributed by atoms with E-state index in [1.165, 1.54) is 19.3 Å². The lowest BCUT2D eigenvalue weighted by molar-refractivity contribution is -0.131. The number of ether oxygens (including phenoxy) is 1. The summed E-state index contributed by atoms with van der Waals surface area (Å²) in [5, 5.41) is 5.65. The Morgan fingerprint density at radius 3 is 2.27 bits per heavy atom. The van der Waals surface area contributed by atoms with Crippen LogP contribution in [-0.2, 0) is 4.79 Å². The summed E-state index contributed by atoms with van der Waals surface area (Å²) < 4.78 is 5.26. The van der Waals surface area contributed by atoms with Gasteiger partial charge in [0.25, 0.3) is 0 Å². The van der Waals surface area contributed by atoms with Crippen LogP contribution >= 0.6 is 0 Å². The van der Waals surface area contributed by atoms with Crippen molar-refractivity contribution in [1.29, 1.82) is 0 Å². The van der Waals surface area contributed by atoms with E-state index in [9.17, 15) is 9.59 Å². The largest absolute Gasteiger partial charge is 0.495 e. The summed E-state index contributed by atoms with van der Waals surface area (Å²) in [7, 11) is 1.57. The molecule has 0 saturated carbocycles. The third-order valence-electron chi connectivity index (χ3n) is 5.97. The van der Waals surface area contributed by atoms with Crippen molar-refractivity contribution >= 4 is 29.0 Å². The number of carbonyl (C=O) groups excluding carboxylic acids is 2. The molecule has 0 bridgehead atoms. The Hall–Kier alpha value is -3.22. The Labute approximate surface area is 197 Å². The van der Waals surface area contributed by atoms with Crippen molar-refractivity contribution in [2.24, 2.45) is 0 Å². The SMILES string of the molecule is CCCCCCCC(=O)N1CCN(c2ccc(NC(=O)Nc3ccccc3OC)cc2)CC1. The predicted octanol–water partition coefficient (Wildman–Crippen LogP) is 5.35. The minimum Gasteiger partial charge on any atom is -0.495 e. The molecule has 3 amide bonds. The van der Waals surface area contributed by atoms with Gasteiger partial charge in [-0.1, -0.05) is 44.7 Å². The monoisotopic (exact) mass is 452 g/mol. The van der Waals surface area contributed by atoms with Crippen LogP contribution in [0, 0.1) is 0 Å². The number of urea groups is 1. The lowest BCUT2D eigenvalue weighted by Gasteiger charge is -2.36. The maximum atomic E-state index is 12.4. The first-order valence-corrected chi connectivity index (χ1v) is 11.9. The van der Waals surface area contributed by atoms with Gasteiger partial charge in [-0.3, -0.25) is 4.79 Å². The zero-order valence-corrected chi connectivity index (χ0v) is 19.8. The number of benzene rings is 2. The predicted molar refractivity (Wildman–Crippen MR) is 134 cm³/mol. The average molecular weight is 453 g/mol. The second-order valence-electron chi connectivity index (χ2n) is 8.36. The molecule has 0 unspecified atom stereocenters. The van der Waals surface area contributed by atoms with E-state index in [-0.39, 0.29) is 11.9 Å². The third-order valence-corrected chi connectivity index (χ3v) is 5.97. The van der Waals surface area contributed by atoms with Gasteiger partial charge in [-0.25, -0.2) is 4.79 Å². The number of hydrogen-bond acceptors (Lipinski definition) is 4. The highest BCUT2D eigenvalue weighted by atomic mass is 16.5. The number of nitrogens with zero attached hydrogens (tertiary/aromatic N) is 2. The lowest BCUT2D eigenvalue weighted by atomic mass is 10.1. The highest BCUT2D eigenvalue weighted by Crippen LogP contribution is 2.24. The first kappa shape index (κ1) is 24.4. The Bertz CT molecular complexity index is 893. The fraction of sp³-hybridized carbons (Fsp3) is 0.462. The van der Waals surface area contributed by atoms with Crippen molar-refractivity contribution in [3.05, 3.63) is 48.5 Å². The molecule has 3 rings (SSSR count). The first-order chi connectivity index (χ1) is 16.1. The molecule has 1 fully saturated rings. The Balaban J connectivity index is 1.43. The smallest absolute Gasteiger partial charge is 0.323 e. The molecule has 7 heteroatoms. The highest BCUT2D eigenvalue weighted by molar-refractivity contribution is 6.00. The van der Waals surface area contributed by atoms with Gasteiger partial charge in [-0.2, -0.15) is 0 Å². The number of para-hydroxylation sites is 2. The molecule has 0 aliphatic carbocycles. The topological polar surface area (TPSA) is 73.9 Å². The molecule has 0 aromatic heterocycles. The number of nitrogens with one attached hydrogen (secondary N) is 2. The van der Waals surface area contributed by atoms with Crippen LogP contribution in [0.25, 0.3) is 0 Å². The summed E-state index contributed by atoms with van der Waals surface area (Å²) in [4.78, 5) is 29.1. The molecular formula is C26H36N4O3. The fourth-order valence-electron chi connectivity index (χ4n) is 4.04. The molecule has 1 aliphatic heterocycles. The summed E-state index contributed by atoms with van der Waals surface area (Å²) in [6.07, 6.45) is 6.52. The normalized spacial score (nSPS) is 13.5. The van der Waals surface area contributed by atoms with Crippen LogP contribution < -0.4 is 20.3 Å². The minimum absolute atomic E-state index is 0.284. The van der Waals surface area contributed by atoms with Crippen LogP contribution in [0.15, 0.2) is 48.5 Å².